The topological polar surface area (TPSA) is 67.2 Å². The molecule has 27 heavy (non-hydrogen) atoms. The molecular weight excluding hydrogens is 385 g/mol. The molecule has 2 aromatic carbocycles. The summed E-state index contributed by atoms with van der Waals surface area (Å²) in [4.78, 5) is 26.3. The van der Waals surface area contributed by atoms with Gasteiger partial charge in [0, 0.05) is 21.5 Å². The Morgan fingerprint density at radius 2 is 2.04 bits per heavy atom. The number of halogens is 2. The molecule has 0 amide bonds. The molecule has 3 unspecified atom stereocenters. The van der Waals surface area contributed by atoms with Crippen LogP contribution in [0, 0.1) is 22.2 Å². The summed E-state index contributed by atoms with van der Waals surface area (Å²) in [6.07, 6.45) is 0.304. The predicted molar refractivity (Wildman–Crippen MR) is 101 cm³/mol. The minimum atomic E-state index is -1.60. The van der Waals surface area contributed by atoms with Gasteiger partial charge in [0.25, 0.3) is 0 Å². The number of nitriles is 1. The number of benzene rings is 2. The number of fused-ring (bicyclic) bond motifs is 1. The van der Waals surface area contributed by atoms with Crippen LogP contribution in [0.15, 0.2) is 42.5 Å². The second kappa shape index (κ2) is 6.09. The van der Waals surface area contributed by atoms with Crippen molar-refractivity contribution in [1.29, 1.82) is 5.26 Å². The monoisotopic (exact) mass is 399 g/mol. The number of carbonyl (C=O) groups excluding carboxylic acids is 2. The van der Waals surface area contributed by atoms with Crippen LogP contribution in [0.5, 0.6) is 0 Å². The zero-order valence-electron chi connectivity index (χ0n) is 14.5. The van der Waals surface area contributed by atoms with E-state index < -0.39 is 22.7 Å². The van der Waals surface area contributed by atoms with Crippen molar-refractivity contribution in [2.24, 2.45) is 10.8 Å². The molecule has 0 aliphatic heterocycles. The molecule has 2 aliphatic carbocycles. The number of ketones is 1. The van der Waals surface area contributed by atoms with Crippen LogP contribution in [0.3, 0.4) is 0 Å². The van der Waals surface area contributed by atoms with Crippen molar-refractivity contribution in [3.05, 3.63) is 69.2 Å². The summed E-state index contributed by atoms with van der Waals surface area (Å²) in [7, 11) is 0. The number of ether oxygens (including phenoxy) is 1. The van der Waals surface area contributed by atoms with E-state index in [2.05, 4.69) is 6.07 Å². The lowest BCUT2D eigenvalue weighted by molar-refractivity contribution is -0.148. The summed E-state index contributed by atoms with van der Waals surface area (Å²) >= 11 is 12.4. The van der Waals surface area contributed by atoms with Gasteiger partial charge in [-0.3, -0.25) is 9.59 Å². The quantitative estimate of drug-likeness (QED) is 0.707. The van der Waals surface area contributed by atoms with Crippen LogP contribution in [-0.4, -0.2) is 18.4 Å². The zero-order chi connectivity index (χ0) is 19.4. The molecule has 0 aromatic heterocycles. The Labute approximate surface area is 166 Å². The van der Waals surface area contributed by atoms with Gasteiger partial charge in [-0.15, -0.1) is 0 Å². The fraction of sp³-hybridized carbons (Fsp3) is 0.286. The fourth-order valence-electron chi connectivity index (χ4n) is 4.59. The Hall–Kier alpha value is -2.35. The third-order valence-corrected chi connectivity index (χ3v) is 6.29. The van der Waals surface area contributed by atoms with Crippen LogP contribution >= 0.6 is 23.2 Å². The highest BCUT2D eigenvalue weighted by molar-refractivity contribution is 6.35. The minimum absolute atomic E-state index is 0.126. The van der Waals surface area contributed by atoms with E-state index in [0.29, 0.717) is 27.6 Å². The third-order valence-electron chi connectivity index (χ3n) is 5.73. The first-order valence-electron chi connectivity index (χ1n) is 8.60. The molecule has 4 rings (SSSR count). The molecule has 2 aromatic rings. The molecule has 0 bridgehead atoms. The molecule has 4 nitrogen and oxygen atoms in total. The first-order chi connectivity index (χ1) is 12.9. The predicted octanol–water partition coefficient (Wildman–Crippen LogP) is 4.59. The lowest BCUT2D eigenvalue weighted by atomic mass is 9.89. The largest absolute Gasteiger partial charge is 0.465 e. The van der Waals surface area contributed by atoms with Crippen molar-refractivity contribution in [3.63, 3.8) is 0 Å². The van der Waals surface area contributed by atoms with Gasteiger partial charge in [-0.2, -0.15) is 5.26 Å². The van der Waals surface area contributed by atoms with Gasteiger partial charge in [0.2, 0.25) is 0 Å². The molecule has 3 atom stereocenters. The van der Waals surface area contributed by atoms with E-state index in [1.165, 1.54) is 0 Å². The van der Waals surface area contributed by atoms with Gasteiger partial charge in [0.15, 0.2) is 11.2 Å². The maximum Gasteiger partial charge on any atom is 0.328 e. The van der Waals surface area contributed by atoms with E-state index >= 15 is 0 Å². The van der Waals surface area contributed by atoms with Gasteiger partial charge in [-0.05, 0) is 36.6 Å². The highest BCUT2D eigenvalue weighted by Gasteiger charge is 2.87. The molecule has 1 spiro atoms. The summed E-state index contributed by atoms with van der Waals surface area (Å²) in [6, 6.07) is 14.2. The number of esters is 1. The number of hydrogen-bond acceptors (Lipinski definition) is 4. The Morgan fingerprint density at radius 3 is 2.67 bits per heavy atom. The highest BCUT2D eigenvalue weighted by Crippen LogP contribution is 2.79. The second-order valence-electron chi connectivity index (χ2n) is 6.87. The molecule has 0 heterocycles. The third kappa shape index (κ3) is 2.16. The van der Waals surface area contributed by atoms with Gasteiger partial charge in [0.05, 0.1) is 18.1 Å². The van der Waals surface area contributed by atoms with E-state index in [0.717, 1.165) is 5.56 Å². The number of carbonyl (C=O) groups is 2. The summed E-state index contributed by atoms with van der Waals surface area (Å²) < 4.78 is 5.23. The molecule has 1 saturated carbocycles. The van der Waals surface area contributed by atoms with Gasteiger partial charge in [-0.1, -0.05) is 53.5 Å². The van der Waals surface area contributed by atoms with Crippen LogP contribution < -0.4 is 0 Å². The van der Waals surface area contributed by atoms with Gasteiger partial charge >= 0.3 is 5.97 Å². The Balaban J connectivity index is 1.93. The highest BCUT2D eigenvalue weighted by atomic mass is 35.5. The summed E-state index contributed by atoms with van der Waals surface area (Å²) in [6.45, 7) is 1.80. The molecule has 0 radical (unpaired) electrons. The maximum absolute atomic E-state index is 13.4. The van der Waals surface area contributed by atoms with Gasteiger partial charge in [0.1, 0.15) is 0 Å². The summed E-state index contributed by atoms with van der Waals surface area (Å²) in [5, 5.41) is 10.9. The van der Waals surface area contributed by atoms with E-state index in [9.17, 15) is 14.9 Å². The van der Waals surface area contributed by atoms with Crippen molar-refractivity contribution >= 4 is 35.0 Å². The Kier molecular flexibility index (Phi) is 4.06. The molecule has 0 saturated heterocycles. The van der Waals surface area contributed by atoms with Gasteiger partial charge in [-0.25, -0.2) is 0 Å². The van der Waals surface area contributed by atoms with E-state index in [1.54, 1.807) is 37.3 Å². The number of hydrogen-bond donors (Lipinski definition) is 0. The molecule has 6 heteroatoms. The standard InChI is InChI=1S/C21H15Cl2NO3/c1-2-27-19(26)21(11-24)17(15-8-7-13(22)9-16(15)23)20(21)10-12-5-3-4-6-14(12)18(20)25/h3-9,17H,2,10H2,1H3. The summed E-state index contributed by atoms with van der Waals surface area (Å²) in [5.74, 6) is -1.56. The van der Waals surface area contributed by atoms with Crippen molar-refractivity contribution < 1.29 is 14.3 Å². The minimum Gasteiger partial charge on any atom is -0.465 e. The zero-order valence-corrected chi connectivity index (χ0v) is 16.0. The second-order valence-corrected chi connectivity index (χ2v) is 7.72. The molecule has 2 aliphatic rings. The number of Topliss-reactive ketones (excluding diaryl/α,β-unsaturated/α-hetero) is 1. The molecule has 136 valence electrons. The first-order valence-corrected chi connectivity index (χ1v) is 9.35. The van der Waals surface area contributed by atoms with Crippen LogP contribution in [-0.2, 0) is 16.0 Å². The number of nitrogens with zero attached hydrogens (tertiary/aromatic N) is 1. The lowest BCUT2D eigenvalue weighted by Gasteiger charge is -2.12. The van der Waals surface area contributed by atoms with E-state index in [-0.39, 0.29) is 12.4 Å². The molecule has 1 fully saturated rings. The average molecular weight is 400 g/mol. The Bertz CT molecular complexity index is 1030. The fourth-order valence-corrected chi connectivity index (χ4v) is 5.11. The summed E-state index contributed by atoms with van der Waals surface area (Å²) in [5.41, 5.74) is -0.851. The van der Waals surface area contributed by atoms with E-state index in [1.807, 2.05) is 12.1 Å². The van der Waals surface area contributed by atoms with Crippen molar-refractivity contribution in [3.8, 4) is 6.07 Å². The Morgan fingerprint density at radius 1 is 1.30 bits per heavy atom. The van der Waals surface area contributed by atoms with Gasteiger partial charge < -0.3 is 4.74 Å². The molecule has 0 N–H and O–H groups in total. The lowest BCUT2D eigenvalue weighted by Crippen LogP contribution is -2.28. The van der Waals surface area contributed by atoms with Crippen LogP contribution in [0.1, 0.15) is 34.3 Å². The van der Waals surface area contributed by atoms with Crippen LogP contribution in [0.4, 0.5) is 0 Å². The van der Waals surface area contributed by atoms with Crippen LogP contribution in [0.2, 0.25) is 10.0 Å². The van der Waals surface area contributed by atoms with Crippen molar-refractivity contribution in [2.45, 2.75) is 19.3 Å². The molecular formula is C21H15Cl2NO3. The smallest absolute Gasteiger partial charge is 0.328 e. The van der Waals surface area contributed by atoms with Crippen LogP contribution in [0.25, 0.3) is 0 Å². The average Bonchev–Trinajstić information content (AvgIpc) is 3.13. The number of rotatable bonds is 3. The normalized spacial score (nSPS) is 27.9. The van der Waals surface area contributed by atoms with Crippen molar-refractivity contribution in [1.82, 2.24) is 0 Å². The maximum atomic E-state index is 13.4. The SMILES string of the molecule is CCOC(=O)C1(C#N)C(c2ccc(Cl)cc2Cl)C12Cc1ccccc1C2=O. The first kappa shape index (κ1) is 18.0. The van der Waals surface area contributed by atoms with E-state index in [4.69, 9.17) is 27.9 Å². The van der Waals surface area contributed by atoms with Crippen molar-refractivity contribution in [2.75, 3.05) is 6.61 Å².